The van der Waals surface area contributed by atoms with E-state index in [0.717, 1.165) is 17.4 Å². The minimum atomic E-state index is -0.945. The van der Waals surface area contributed by atoms with Crippen LogP contribution in [-0.4, -0.2) is 77.5 Å². The smallest absolute Gasteiger partial charge is 0.330 e. The van der Waals surface area contributed by atoms with Crippen LogP contribution in [0.4, 0.5) is 0 Å². The van der Waals surface area contributed by atoms with Crippen molar-refractivity contribution in [2.24, 2.45) is 11.1 Å². The highest BCUT2D eigenvalue weighted by Gasteiger charge is 2.36. The van der Waals surface area contributed by atoms with Crippen molar-refractivity contribution >= 4 is 63.1 Å². The number of nitrogens with two attached hydrogens (primary N) is 1. The number of carbonyl (C=O) groups is 7. The topological polar surface area (TPSA) is 237 Å². The van der Waals surface area contributed by atoms with Gasteiger partial charge in [0.15, 0.2) is 23.0 Å². The number of halogens is 1. The summed E-state index contributed by atoms with van der Waals surface area (Å²) in [7, 11) is 0. The normalized spacial score (nSPS) is 14.8. The fourth-order valence-corrected chi connectivity index (χ4v) is 7.65. The first-order chi connectivity index (χ1) is 32.1. The number of hydrogen-bond acceptors (Lipinski definition) is 14. The zero-order chi connectivity index (χ0) is 51.2. The Balaban J connectivity index is 0.000000346. The highest BCUT2D eigenvalue weighted by molar-refractivity contribution is 6.01. The molecule has 0 fully saturated rings. The summed E-state index contributed by atoms with van der Waals surface area (Å²) in [5, 5.41) is 10.7. The predicted octanol–water partition coefficient (Wildman–Crippen LogP) is 3.85. The van der Waals surface area contributed by atoms with Gasteiger partial charge < -0.3 is 62.5 Å². The molecule has 0 bridgehead atoms. The largest absolute Gasteiger partial charge is 1.00 e. The van der Waals surface area contributed by atoms with Crippen LogP contribution in [0.1, 0.15) is 120 Å². The number of amides is 3. The van der Waals surface area contributed by atoms with Gasteiger partial charge in [0.25, 0.3) is 0 Å². The Bertz CT molecular complexity index is 2660. The molecule has 0 saturated heterocycles. The van der Waals surface area contributed by atoms with Crippen LogP contribution in [-0.2, 0) is 46.4 Å². The van der Waals surface area contributed by atoms with Gasteiger partial charge in [0.1, 0.15) is 35.3 Å². The van der Waals surface area contributed by atoms with Gasteiger partial charge in [-0.05, 0) is 80.6 Å². The minimum absolute atomic E-state index is 0. The lowest BCUT2D eigenvalue weighted by Gasteiger charge is -2.34. The Morgan fingerprint density at radius 3 is 1.49 bits per heavy atom. The van der Waals surface area contributed by atoms with E-state index < -0.39 is 64.8 Å². The summed E-state index contributed by atoms with van der Waals surface area (Å²) in [6, 6.07) is 13.6. The van der Waals surface area contributed by atoms with Crippen LogP contribution in [0.15, 0.2) is 48.5 Å². The van der Waals surface area contributed by atoms with Crippen LogP contribution >= 0.6 is 0 Å². The van der Waals surface area contributed by atoms with Crippen molar-refractivity contribution in [1.82, 2.24) is 16.0 Å². The zero-order valence-corrected chi connectivity index (χ0v) is 42.9. The number of carbonyl (C=O) groups excluding carboxylic acids is 7. The maximum Gasteiger partial charge on any atom is 0.330 e. The molecule has 0 spiro atoms. The quantitative estimate of drug-likeness (QED) is 0.117. The number of ether oxygens (including phenoxy) is 6. The van der Waals surface area contributed by atoms with E-state index in [4.69, 9.17) is 34.2 Å². The van der Waals surface area contributed by atoms with E-state index in [0.29, 0.717) is 52.5 Å². The third-order valence-electron chi connectivity index (χ3n) is 11.0. The molecule has 3 amide bonds. The lowest BCUT2D eigenvalue weighted by Crippen LogP contribution is -3.00. The molecule has 2 aliphatic rings. The molecule has 0 radical (unpaired) electrons. The van der Waals surface area contributed by atoms with Crippen LogP contribution in [0.25, 0.3) is 21.5 Å². The molecule has 70 heavy (non-hydrogen) atoms. The average molecular weight is 991 g/mol. The van der Waals surface area contributed by atoms with Crippen molar-refractivity contribution in [2.45, 2.75) is 144 Å². The second-order valence-corrected chi connectivity index (χ2v) is 20.4. The molecule has 6 rings (SSSR count). The van der Waals surface area contributed by atoms with Crippen molar-refractivity contribution in [3.8, 4) is 34.5 Å². The Morgan fingerprint density at radius 1 is 0.657 bits per heavy atom. The van der Waals surface area contributed by atoms with E-state index in [1.54, 1.807) is 39.0 Å². The van der Waals surface area contributed by atoms with Gasteiger partial charge in [0, 0.05) is 63.9 Å². The number of rotatable bonds is 12. The van der Waals surface area contributed by atoms with E-state index >= 15 is 0 Å². The molecule has 1 atom stereocenters. The zero-order valence-electron chi connectivity index (χ0n) is 42.1. The Kier molecular flexibility index (Phi) is 18.1. The van der Waals surface area contributed by atoms with Crippen LogP contribution in [0, 0.1) is 5.41 Å². The second kappa shape index (κ2) is 22.5. The molecule has 2 aliphatic heterocycles. The third-order valence-corrected chi connectivity index (χ3v) is 11.0. The maximum absolute atomic E-state index is 13.0. The van der Waals surface area contributed by atoms with Crippen molar-refractivity contribution < 1.29 is 74.4 Å². The monoisotopic (exact) mass is 989 g/mol. The Hall–Kier alpha value is -6.46. The molecule has 4 aromatic carbocycles. The minimum Gasteiger partial charge on any atom is -1.00 e. The van der Waals surface area contributed by atoms with Crippen LogP contribution < -0.4 is 62.5 Å². The highest BCUT2D eigenvalue weighted by Crippen LogP contribution is 2.51. The van der Waals surface area contributed by atoms with E-state index in [9.17, 15) is 33.6 Å². The summed E-state index contributed by atoms with van der Waals surface area (Å²) in [6.45, 7) is 20.4. The van der Waals surface area contributed by atoms with Crippen LogP contribution in [0.5, 0.6) is 34.5 Å². The number of nitrogens with one attached hydrogen (secondary N) is 3. The van der Waals surface area contributed by atoms with Crippen molar-refractivity contribution in [1.29, 1.82) is 0 Å². The molecular weight excluding hydrogens is 924 g/mol. The average Bonchev–Trinajstić information content (AvgIpc) is 3.24. The molecule has 0 aromatic heterocycles. The molecule has 18 heteroatoms. The molecule has 380 valence electrons. The fourth-order valence-electron chi connectivity index (χ4n) is 7.65. The molecule has 5 N–H and O–H groups in total. The van der Waals surface area contributed by atoms with E-state index in [1.165, 1.54) is 13.8 Å². The molecular formula is C52H66ClN4O13-. The van der Waals surface area contributed by atoms with Crippen LogP contribution in [0.2, 0.25) is 0 Å². The van der Waals surface area contributed by atoms with Crippen molar-refractivity contribution in [2.75, 3.05) is 13.1 Å². The number of benzene rings is 4. The van der Waals surface area contributed by atoms with E-state index in [2.05, 4.69) is 16.0 Å². The first-order valence-electron chi connectivity index (χ1n) is 23.0. The van der Waals surface area contributed by atoms with E-state index in [1.807, 2.05) is 78.8 Å². The predicted molar refractivity (Wildman–Crippen MR) is 258 cm³/mol. The SMILES string of the molecule is CC(=O)Oc1c2c(c3ccccc3c1OC(=O)CN)OC(C)(C)CC2.CC(=O)Oc1c2c(c3ccccc3c1OC(=O)CNC(=O)CCC(NC(=O)C(C)(C)C)C(=O)NC(C)(C)C)OC(C)(C)CC2.[Cl-]. The molecule has 0 saturated carbocycles. The first kappa shape index (κ1) is 56.1. The summed E-state index contributed by atoms with van der Waals surface area (Å²) in [5.74, 6) is -1.84. The van der Waals surface area contributed by atoms with Crippen LogP contribution in [0.3, 0.4) is 0 Å². The standard InChI is InChI=1S/C33H45N3O8.C19H21NO5.ClH/c1-19(37)42-28-22-16-17-33(8,9)44-26(22)20-12-10-11-13-21(20)27(28)43-25(39)18-34-24(38)15-14-23(29(40)36-32(5,6)7)35-30(41)31(2,3)4;1-11(21)23-18-14-8-9-19(2,3)25-16(14)12-6-4-5-7-13(12)17(18)24-15(22)10-20;/h10-13,23H,14-18H2,1-9H3,(H,34,38)(H,35,41)(H,36,40);4-7H,8-10,20H2,1-3H3;1H/p-1. The number of esters is 4. The summed E-state index contributed by atoms with van der Waals surface area (Å²) < 4.78 is 34.6. The Labute approximate surface area is 414 Å². The molecule has 0 aliphatic carbocycles. The van der Waals surface area contributed by atoms with Gasteiger partial charge in [-0.1, -0.05) is 69.3 Å². The second-order valence-electron chi connectivity index (χ2n) is 20.4. The van der Waals surface area contributed by atoms with Gasteiger partial charge in [-0.25, -0.2) is 4.79 Å². The lowest BCUT2D eigenvalue weighted by atomic mass is 9.91. The van der Waals surface area contributed by atoms with Gasteiger partial charge in [-0.3, -0.25) is 28.8 Å². The Morgan fingerprint density at radius 2 is 1.09 bits per heavy atom. The fraction of sp³-hybridized carbons (Fsp3) is 0.481. The highest BCUT2D eigenvalue weighted by atomic mass is 35.5. The molecule has 4 aromatic rings. The third kappa shape index (κ3) is 14.5. The van der Waals surface area contributed by atoms with Gasteiger partial charge in [0.2, 0.25) is 17.7 Å². The van der Waals surface area contributed by atoms with Gasteiger partial charge >= 0.3 is 23.9 Å². The molecule has 1 unspecified atom stereocenters. The lowest BCUT2D eigenvalue weighted by molar-refractivity contribution is -0.137. The summed E-state index contributed by atoms with van der Waals surface area (Å²) in [5.41, 5.74) is 4.69. The molecule has 17 nitrogen and oxygen atoms in total. The number of hydrogen-bond donors (Lipinski definition) is 4. The van der Waals surface area contributed by atoms with Crippen molar-refractivity contribution in [3.63, 3.8) is 0 Å². The molecule has 2 heterocycles. The summed E-state index contributed by atoms with van der Waals surface area (Å²) in [6.07, 6.45) is 2.47. The summed E-state index contributed by atoms with van der Waals surface area (Å²) in [4.78, 5) is 86.7. The summed E-state index contributed by atoms with van der Waals surface area (Å²) >= 11 is 0. The van der Waals surface area contributed by atoms with Gasteiger partial charge in [-0.2, -0.15) is 0 Å². The number of fused-ring (bicyclic) bond motifs is 6. The van der Waals surface area contributed by atoms with Gasteiger partial charge in [0.05, 0.1) is 6.54 Å². The van der Waals surface area contributed by atoms with Crippen molar-refractivity contribution in [3.05, 3.63) is 59.7 Å². The first-order valence-corrected chi connectivity index (χ1v) is 23.0. The maximum atomic E-state index is 13.0. The van der Waals surface area contributed by atoms with Gasteiger partial charge in [-0.15, -0.1) is 0 Å². The van der Waals surface area contributed by atoms with E-state index in [-0.39, 0.29) is 66.3 Å².